The van der Waals surface area contributed by atoms with Crippen LogP contribution in [0.4, 0.5) is 8.78 Å². The fourth-order valence-electron chi connectivity index (χ4n) is 1.80. The van der Waals surface area contributed by atoms with Gasteiger partial charge in [0.05, 0.1) is 23.4 Å². The van der Waals surface area contributed by atoms with Crippen molar-refractivity contribution in [1.29, 1.82) is 0 Å². The van der Waals surface area contributed by atoms with Gasteiger partial charge in [-0.15, -0.1) is 0 Å². The highest BCUT2D eigenvalue weighted by Crippen LogP contribution is 2.29. The summed E-state index contributed by atoms with van der Waals surface area (Å²) in [5.74, 6) is 0.116. The predicted octanol–water partition coefficient (Wildman–Crippen LogP) is 5.15. The van der Waals surface area contributed by atoms with Crippen LogP contribution in [0.5, 0.6) is 11.5 Å². The number of alkyl halides is 2. The van der Waals surface area contributed by atoms with Crippen molar-refractivity contribution in [3.8, 4) is 11.5 Å². The highest BCUT2D eigenvalue weighted by molar-refractivity contribution is 6.42. The Morgan fingerprint density at radius 3 is 2.54 bits per heavy atom. The molecule has 0 amide bonds. The van der Waals surface area contributed by atoms with Crippen LogP contribution in [-0.2, 0) is 11.4 Å². The predicted molar refractivity (Wildman–Crippen MR) is 88.5 cm³/mol. The van der Waals surface area contributed by atoms with E-state index in [1.807, 2.05) is 0 Å². The second-order valence-electron chi connectivity index (χ2n) is 4.55. The van der Waals surface area contributed by atoms with Gasteiger partial charge in [-0.25, -0.2) is 0 Å². The number of rotatable bonds is 7. The van der Waals surface area contributed by atoms with E-state index in [0.29, 0.717) is 15.6 Å². The van der Waals surface area contributed by atoms with Crippen molar-refractivity contribution in [3.63, 3.8) is 0 Å². The SMILES string of the molecule is COc1cc(/C=N/OCc2ccc(Cl)c(Cl)c2)ccc1OC(F)F. The largest absolute Gasteiger partial charge is 0.493 e. The summed E-state index contributed by atoms with van der Waals surface area (Å²) in [7, 11) is 1.36. The maximum absolute atomic E-state index is 12.3. The molecular weight excluding hydrogens is 363 g/mol. The van der Waals surface area contributed by atoms with Gasteiger partial charge < -0.3 is 14.3 Å². The number of hydrogen-bond donors (Lipinski definition) is 0. The summed E-state index contributed by atoms with van der Waals surface area (Å²) in [5, 5.41) is 4.70. The average Bonchev–Trinajstić information content (AvgIpc) is 2.55. The quantitative estimate of drug-likeness (QED) is 0.495. The van der Waals surface area contributed by atoms with Crippen molar-refractivity contribution in [2.24, 2.45) is 5.16 Å². The molecule has 0 N–H and O–H groups in total. The van der Waals surface area contributed by atoms with Crippen LogP contribution in [0.25, 0.3) is 0 Å². The first-order chi connectivity index (χ1) is 11.5. The van der Waals surface area contributed by atoms with Crippen LogP contribution in [0.1, 0.15) is 11.1 Å². The standard InChI is InChI=1S/C16H13Cl2F2NO3/c1-22-15-7-10(3-5-14(15)24-16(19)20)8-21-23-9-11-2-4-12(17)13(18)6-11/h2-8,16H,9H2,1H3/b21-8+. The molecule has 0 fully saturated rings. The van der Waals surface area contributed by atoms with Crippen LogP contribution in [0.3, 0.4) is 0 Å². The average molecular weight is 376 g/mol. The maximum Gasteiger partial charge on any atom is 0.387 e. The van der Waals surface area contributed by atoms with Crippen LogP contribution in [0, 0.1) is 0 Å². The molecule has 0 aromatic heterocycles. The fraction of sp³-hybridized carbons (Fsp3) is 0.188. The van der Waals surface area contributed by atoms with Gasteiger partial charge in [0.2, 0.25) is 0 Å². The zero-order valence-corrected chi connectivity index (χ0v) is 14.0. The Hall–Kier alpha value is -2.05. The number of benzene rings is 2. The topological polar surface area (TPSA) is 40.0 Å². The first-order valence-corrected chi connectivity index (χ1v) is 7.47. The lowest BCUT2D eigenvalue weighted by atomic mass is 10.2. The molecule has 0 heterocycles. The van der Waals surface area contributed by atoms with Gasteiger partial charge in [0.25, 0.3) is 0 Å². The fourth-order valence-corrected chi connectivity index (χ4v) is 2.12. The molecule has 0 saturated carbocycles. The molecule has 0 radical (unpaired) electrons. The Labute approximate surface area is 147 Å². The molecule has 0 unspecified atom stereocenters. The molecule has 0 aliphatic carbocycles. The summed E-state index contributed by atoms with van der Waals surface area (Å²) in [6, 6.07) is 9.53. The van der Waals surface area contributed by atoms with Crippen molar-refractivity contribution in [3.05, 3.63) is 57.6 Å². The van der Waals surface area contributed by atoms with Gasteiger partial charge in [-0.3, -0.25) is 0 Å². The van der Waals surface area contributed by atoms with Crippen LogP contribution in [-0.4, -0.2) is 19.9 Å². The molecule has 0 spiro atoms. The van der Waals surface area contributed by atoms with E-state index in [1.54, 1.807) is 24.3 Å². The summed E-state index contributed by atoms with van der Waals surface area (Å²) < 4.78 is 33.9. The van der Waals surface area contributed by atoms with E-state index in [0.717, 1.165) is 5.56 Å². The lowest BCUT2D eigenvalue weighted by molar-refractivity contribution is -0.0512. The molecule has 2 aromatic rings. The highest BCUT2D eigenvalue weighted by Gasteiger charge is 2.10. The molecule has 4 nitrogen and oxygen atoms in total. The third-order valence-electron chi connectivity index (χ3n) is 2.90. The lowest BCUT2D eigenvalue weighted by Crippen LogP contribution is -2.03. The highest BCUT2D eigenvalue weighted by atomic mass is 35.5. The van der Waals surface area contributed by atoms with Crippen molar-refractivity contribution >= 4 is 29.4 Å². The second-order valence-corrected chi connectivity index (χ2v) is 5.36. The zero-order valence-electron chi connectivity index (χ0n) is 12.5. The number of hydrogen-bond acceptors (Lipinski definition) is 4. The Bertz CT molecular complexity index is 726. The lowest BCUT2D eigenvalue weighted by Gasteiger charge is -2.09. The van der Waals surface area contributed by atoms with Crippen LogP contribution in [0.15, 0.2) is 41.6 Å². The summed E-state index contributed by atoms with van der Waals surface area (Å²) in [6.45, 7) is -2.72. The molecule has 0 bridgehead atoms. The second kappa shape index (κ2) is 8.70. The normalized spacial score (nSPS) is 11.1. The van der Waals surface area contributed by atoms with Crippen molar-refractivity contribution in [2.45, 2.75) is 13.2 Å². The Morgan fingerprint density at radius 2 is 1.88 bits per heavy atom. The molecule has 128 valence electrons. The number of halogens is 4. The first-order valence-electron chi connectivity index (χ1n) is 6.71. The molecule has 24 heavy (non-hydrogen) atoms. The van der Waals surface area contributed by atoms with E-state index in [-0.39, 0.29) is 18.1 Å². The van der Waals surface area contributed by atoms with E-state index in [1.165, 1.54) is 25.5 Å². The van der Waals surface area contributed by atoms with Crippen molar-refractivity contribution in [1.82, 2.24) is 0 Å². The third kappa shape index (κ3) is 5.25. The van der Waals surface area contributed by atoms with Gasteiger partial charge in [-0.1, -0.05) is 34.4 Å². The Kier molecular flexibility index (Phi) is 6.63. The minimum absolute atomic E-state index is 0.0543. The number of oxime groups is 1. The van der Waals surface area contributed by atoms with E-state index in [9.17, 15) is 8.78 Å². The minimum atomic E-state index is -2.92. The first kappa shape index (κ1) is 18.3. The monoisotopic (exact) mass is 375 g/mol. The number of nitrogens with zero attached hydrogens (tertiary/aromatic N) is 1. The van der Waals surface area contributed by atoms with Gasteiger partial charge in [0.1, 0.15) is 6.61 Å². The van der Waals surface area contributed by atoms with E-state index in [4.69, 9.17) is 32.8 Å². The molecule has 2 rings (SSSR count). The summed E-state index contributed by atoms with van der Waals surface area (Å²) in [5.41, 5.74) is 1.41. The van der Waals surface area contributed by atoms with Crippen molar-refractivity contribution in [2.75, 3.05) is 7.11 Å². The molecule has 0 saturated heterocycles. The van der Waals surface area contributed by atoms with E-state index in [2.05, 4.69) is 9.89 Å². The Balaban J connectivity index is 1.97. The minimum Gasteiger partial charge on any atom is -0.493 e. The Morgan fingerprint density at radius 1 is 1.08 bits per heavy atom. The van der Waals surface area contributed by atoms with Gasteiger partial charge in [-0.05, 0) is 35.9 Å². The van der Waals surface area contributed by atoms with E-state index >= 15 is 0 Å². The molecule has 2 aromatic carbocycles. The van der Waals surface area contributed by atoms with Crippen LogP contribution >= 0.6 is 23.2 Å². The molecule has 0 aliphatic rings. The summed E-state index contributed by atoms with van der Waals surface area (Å²) in [4.78, 5) is 5.16. The number of ether oxygens (including phenoxy) is 2. The molecule has 0 atom stereocenters. The third-order valence-corrected chi connectivity index (χ3v) is 3.63. The zero-order chi connectivity index (χ0) is 17.5. The van der Waals surface area contributed by atoms with Crippen molar-refractivity contribution < 1.29 is 23.1 Å². The molecule has 0 aliphatic heterocycles. The van der Waals surface area contributed by atoms with Crippen LogP contribution in [0.2, 0.25) is 10.0 Å². The summed E-state index contributed by atoms with van der Waals surface area (Å²) >= 11 is 11.7. The number of methoxy groups -OCH3 is 1. The molecule has 8 heteroatoms. The summed E-state index contributed by atoms with van der Waals surface area (Å²) in [6.07, 6.45) is 1.42. The smallest absolute Gasteiger partial charge is 0.387 e. The molecular formula is C16H13Cl2F2NO3. The van der Waals surface area contributed by atoms with Gasteiger partial charge >= 0.3 is 6.61 Å². The van der Waals surface area contributed by atoms with E-state index < -0.39 is 6.61 Å². The van der Waals surface area contributed by atoms with Gasteiger partial charge in [-0.2, -0.15) is 8.78 Å². The maximum atomic E-state index is 12.3. The van der Waals surface area contributed by atoms with Crippen LogP contribution < -0.4 is 9.47 Å². The van der Waals surface area contributed by atoms with Gasteiger partial charge in [0.15, 0.2) is 11.5 Å². The van der Waals surface area contributed by atoms with Gasteiger partial charge in [0, 0.05) is 5.56 Å².